The monoisotopic (exact) mass is 246 g/mol. The number of carbonyl (C=O) groups is 1. The number of ketones is 1. The van der Waals surface area contributed by atoms with E-state index in [0.717, 1.165) is 0 Å². The summed E-state index contributed by atoms with van der Waals surface area (Å²) in [5.74, 6) is -0.430. The molecule has 0 aliphatic heterocycles. The van der Waals surface area contributed by atoms with Gasteiger partial charge in [-0.25, -0.2) is 0 Å². The van der Waals surface area contributed by atoms with Crippen molar-refractivity contribution in [2.24, 2.45) is 0 Å². The zero-order valence-corrected chi connectivity index (χ0v) is 10.7. The maximum Gasteiger partial charge on any atom is 0.178 e. The lowest BCUT2D eigenvalue weighted by Gasteiger charge is -2.07. The van der Waals surface area contributed by atoms with Gasteiger partial charge in [0.15, 0.2) is 5.78 Å². The van der Waals surface area contributed by atoms with Crippen molar-refractivity contribution in [2.45, 2.75) is 13.8 Å². The van der Waals surface area contributed by atoms with Crippen LogP contribution in [0, 0.1) is 0 Å². The molecule has 0 saturated heterocycles. The Labute approximate surface area is 107 Å². The molecule has 0 rings (SSSR count). The minimum absolute atomic E-state index is 0.0600. The van der Waals surface area contributed by atoms with E-state index in [1.165, 1.54) is 36.5 Å². The summed E-state index contributed by atoms with van der Waals surface area (Å²) in [5, 5.41) is 19.6. The Kier molecular flexibility index (Phi) is 6.89. The fourth-order valence-electron chi connectivity index (χ4n) is 1.13. The minimum atomic E-state index is -0.258. The first-order valence-corrected chi connectivity index (χ1v) is 5.41. The van der Waals surface area contributed by atoms with E-state index in [0.29, 0.717) is 5.57 Å². The molecule has 96 valence electrons. The molecule has 3 nitrogen and oxygen atoms in total. The highest BCUT2D eigenvalue weighted by Crippen LogP contribution is 2.19. The first kappa shape index (κ1) is 15.7. The average Bonchev–Trinajstić information content (AvgIpc) is 2.39. The molecule has 0 atom stereocenters. The number of rotatable bonds is 6. The largest absolute Gasteiger partial charge is 0.508 e. The fraction of sp³-hybridized carbons (Fsp3) is 0.133. The molecule has 0 aliphatic rings. The molecular formula is C15H18O3. The van der Waals surface area contributed by atoms with E-state index in [1.807, 2.05) is 0 Å². The van der Waals surface area contributed by atoms with Gasteiger partial charge in [0, 0.05) is 0 Å². The zero-order valence-electron chi connectivity index (χ0n) is 10.7. The maximum absolute atomic E-state index is 11.0. The van der Waals surface area contributed by atoms with Crippen LogP contribution in [0.4, 0.5) is 0 Å². The Balaban J connectivity index is 5.42. The number of hydrogen-bond donors (Lipinski definition) is 2. The lowest BCUT2D eigenvalue weighted by molar-refractivity contribution is -0.110. The van der Waals surface area contributed by atoms with Crippen molar-refractivity contribution in [1.29, 1.82) is 0 Å². The molecule has 0 aliphatic carbocycles. The van der Waals surface area contributed by atoms with Gasteiger partial charge >= 0.3 is 0 Å². The molecule has 18 heavy (non-hydrogen) atoms. The van der Waals surface area contributed by atoms with Crippen LogP contribution in [0.15, 0.2) is 72.3 Å². The average molecular weight is 246 g/mol. The zero-order chi connectivity index (χ0) is 14.1. The van der Waals surface area contributed by atoms with Crippen molar-refractivity contribution in [1.82, 2.24) is 0 Å². The van der Waals surface area contributed by atoms with Gasteiger partial charge in [-0.2, -0.15) is 0 Å². The van der Waals surface area contributed by atoms with Gasteiger partial charge in [0.25, 0.3) is 0 Å². The van der Waals surface area contributed by atoms with Gasteiger partial charge in [-0.05, 0) is 43.7 Å². The minimum Gasteiger partial charge on any atom is -0.508 e. The van der Waals surface area contributed by atoms with E-state index >= 15 is 0 Å². The maximum atomic E-state index is 11.0. The predicted molar refractivity (Wildman–Crippen MR) is 74.3 cm³/mol. The normalized spacial score (nSPS) is 14.3. The molecule has 0 unspecified atom stereocenters. The van der Waals surface area contributed by atoms with Crippen molar-refractivity contribution < 1.29 is 15.0 Å². The van der Waals surface area contributed by atoms with Crippen LogP contribution in [-0.2, 0) is 4.79 Å². The highest BCUT2D eigenvalue weighted by molar-refractivity contribution is 5.99. The molecule has 0 spiro atoms. The van der Waals surface area contributed by atoms with Crippen LogP contribution in [0.25, 0.3) is 0 Å². The third kappa shape index (κ3) is 4.70. The van der Waals surface area contributed by atoms with Crippen LogP contribution in [-0.4, -0.2) is 16.0 Å². The Morgan fingerprint density at radius 3 is 2.22 bits per heavy atom. The molecule has 0 amide bonds. The Hall–Kier alpha value is -2.29. The van der Waals surface area contributed by atoms with Crippen LogP contribution in [0.5, 0.6) is 0 Å². The summed E-state index contributed by atoms with van der Waals surface area (Å²) in [6.45, 7) is 10.1. The van der Waals surface area contributed by atoms with Crippen molar-refractivity contribution >= 4 is 5.78 Å². The highest BCUT2D eigenvalue weighted by Gasteiger charge is 2.09. The molecule has 0 heterocycles. The predicted octanol–water partition coefficient (Wildman–Crippen LogP) is 3.70. The quantitative estimate of drug-likeness (QED) is 0.427. The van der Waals surface area contributed by atoms with E-state index in [2.05, 4.69) is 13.2 Å². The SMILES string of the molecule is C=C/C=C(C(O)=C(C)C=CC(=O)C=C)\C(O)=C/C. The third-order valence-electron chi connectivity index (χ3n) is 2.16. The summed E-state index contributed by atoms with van der Waals surface area (Å²) < 4.78 is 0. The van der Waals surface area contributed by atoms with Crippen molar-refractivity contribution in [3.8, 4) is 0 Å². The second kappa shape index (κ2) is 7.90. The molecule has 0 fully saturated rings. The van der Waals surface area contributed by atoms with E-state index in [-0.39, 0.29) is 22.9 Å². The van der Waals surface area contributed by atoms with Crippen molar-refractivity contribution in [3.05, 3.63) is 72.3 Å². The number of aliphatic hydroxyl groups excluding tert-OH is 2. The summed E-state index contributed by atoms with van der Waals surface area (Å²) in [4.78, 5) is 11.0. The van der Waals surface area contributed by atoms with Gasteiger partial charge in [0.05, 0.1) is 5.57 Å². The molecule has 0 aromatic rings. The molecule has 3 heteroatoms. The molecule has 2 N–H and O–H groups in total. The number of allylic oxidation sites excluding steroid dienone is 7. The van der Waals surface area contributed by atoms with Crippen LogP contribution in [0.2, 0.25) is 0 Å². The summed E-state index contributed by atoms with van der Waals surface area (Å²) in [6.07, 6.45) is 8.31. The van der Waals surface area contributed by atoms with Gasteiger partial charge in [-0.1, -0.05) is 25.3 Å². The second-order valence-corrected chi connectivity index (χ2v) is 3.46. The summed E-state index contributed by atoms with van der Waals surface area (Å²) in [6, 6.07) is 0. The second-order valence-electron chi connectivity index (χ2n) is 3.46. The van der Waals surface area contributed by atoms with Crippen LogP contribution in [0.1, 0.15) is 13.8 Å². The fourth-order valence-corrected chi connectivity index (χ4v) is 1.13. The molecule has 0 bridgehead atoms. The van der Waals surface area contributed by atoms with Gasteiger partial charge in [0.1, 0.15) is 11.5 Å². The van der Waals surface area contributed by atoms with E-state index in [9.17, 15) is 15.0 Å². The van der Waals surface area contributed by atoms with Crippen LogP contribution < -0.4 is 0 Å². The summed E-state index contributed by atoms with van der Waals surface area (Å²) >= 11 is 0. The van der Waals surface area contributed by atoms with E-state index < -0.39 is 0 Å². The first-order valence-electron chi connectivity index (χ1n) is 5.41. The number of aliphatic hydroxyl groups is 2. The van der Waals surface area contributed by atoms with Crippen LogP contribution >= 0.6 is 0 Å². The molecule has 0 aromatic carbocycles. The third-order valence-corrected chi connectivity index (χ3v) is 2.16. The highest BCUT2D eigenvalue weighted by atomic mass is 16.3. The molecule has 0 radical (unpaired) electrons. The van der Waals surface area contributed by atoms with Crippen LogP contribution in [0.3, 0.4) is 0 Å². The Morgan fingerprint density at radius 2 is 1.78 bits per heavy atom. The van der Waals surface area contributed by atoms with Crippen molar-refractivity contribution in [2.75, 3.05) is 0 Å². The molecular weight excluding hydrogens is 228 g/mol. The number of carbonyl (C=O) groups excluding carboxylic acids is 1. The lowest BCUT2D eigenvalue weighted by Crippen LogP contribution is -1.96. The van der Waals surface area contributed by atoms with Gasteiger partial charge in [0.2, 0.25) is 0 Å². The first-order chi connectivity index (χ1) is 8.47. The topological polar surface area (TPSA) is 57.5 Å². The standard InChI is InChI=1S/C15H18O3/c1-5-8-13(14(17)7-3)15(18)11(4)9-10-12(16)6-2/h5-10,17-18H,1-2H2,3-4H3/b10-9?,13-8+,14-7+,15-11?. The molecule has 0 saturated carbocycles. The molecule has 0 aromatic heterocycles. The lowest BCUT2D eigenvalue weighted by atomic mass is 10.1. The number of hydrogen-bond acceptors (Lipinski definition) is 3. The Bertz CT molecular complexity index is 460. The van der Waals surface area contributed by atoms with Gasteiger partial charge in [-0.3, -0.25) is 4.79 Å². The van der Waals surface area contributed by atoms with Gasteiger partial charge in [-0.15, -0.1) is 0 Å². The van der Waals surface area contributed by atoms with E-state index in [4.69, 9.17) is 0 Å². The summed E-state index contributed by atoms with van der Waals surface area (Å²) in [7, 11) is 0. The Morgan fingerprint density at radius 1 is 1.17 bits per heavy atom. The van der Waals surface area contributed by atoms with E-state index in [1.54, 1.807) is 13.8 Å². The van der Waals surface area contributed by atoms with Gasteiger partial charge < -0.3 is 10.2 Å². The smallest absolute Gasteiger partial charge is 0.178 e. The van der Waals surface area contributed by atoms with Crippen molar-refractivity contribution in [3.63, 3.8) is 0 Å². The summed E-state index contributed by atoms with van der Waals surface area (Å²) in [5.41, 5.74) is 0.701.